The van der Waals surface area contributed by atoms with E-state index in [9.17, 15) is 17.4 Å². The van der Waals surface area contributed by atoms with Gasteiger partial charge in [0.2, 0.25) is 5.88 Å². The van der Waals surface area contributed by atoms with Crippen LogP contribution in [0.1, 0.15) is 24.8 Å². The normalized spacial score (nSPS) is 28.3. The maximum Gasteiger partial charge on any atom is 0.422 e. The number of fused-ring (bicyclic) bond motifs is 2. The van der Waals surface area contributed by atoms with Gasteiger partial charge in [-0.3, -0.25) is 4.21 Å². The average Bonchev–Trinajstić information content (AvgIpc) is 2.66. The summed E-state index contributed by atoms with van der Waals surface area (Å²) in [5.74, 6) is -0.0426. The average molecular weight is 317 g/mol. The van der Waals surface area contributed by atoms with Gasteiger partial charge in [0.25, 0.3) is 0 Å². The minimum Gasteiger partial charge on any atom is -0.468 e. The van der Waals surface area contributed by atoms with E-state index in [4.69, 9.17) is 0 Å². The molecule has 3 heterocycles. The third kappa shape index (κ3) is 3.28. The Hall–Kier alpha value is -1.37. The first-order chi connectivity index (χ1) is 9.92. The third-order valence-electron chi connectivity index (χ3n) is 3.73. The molecule has 2 aliphatic rings. The summed E-state index contributed by atoms with van der Waals surface area (Å²) in [6.45, 7) is -1.34. The topological polar surface area (TPSA) is 39.2 Å². The molecule has 2 bridgehead atoms. The highest BCUT2D eigenvalue weighted by molar-refractivity contribution is 7.86. The fourth-order valence-corrected chi connectivity index (χ4v) is 4.60. The molecule has 0 spiro atoms. The van der Waals surface area contributed by atoms with Crippen LogP contribution in [0.5, 0.6) is 5.88 Å². The van der Waals surface area contributed by atoms with Gasteiger partial charge in [-0.15, -0.1) is 0 Å². The van der Waals surface area contributed by atoms with Gasteiger partial charge >= 0.3 is 6.18 Å². The molecule has 114 valence electrons. The van der Waals surface area contributed by atoms with Gasteiger partial charge in [-0.2, -0.15) is 13.2 Å². The van der Waals surface area contributed by atoms with E-state index in [1.54, 1.807) is 6.07 Å². The van der Waals surface area contributed by atoms with Crippen LogP contribution in [0.2, 0.25) is 0 Å². The van der Waals surface area contributed by atoms with Crippen molar-refractivity contribution in [3.8, 4) is 5.88 Å². The summed E-state index contributed by atoms with van der Waals surface area (Å²) in [5, 5.41) is 0.316. The number of pyridine rings is 1. The molecule has 0 aliphatic carbocycles. The Kier molecular flexibility index (Phi) is 3.77. The molecule has 1 aromatic rings. The van der Waals surface area contributed by atoms with Crippen molar-refractivity contribution in [1.29, 1.82) is 0 Å². The smallest absolute Gasteiger partial charge is 0.422 e. The minimum atomic E-state index is -4.37. The minimum absolute atomic E-state index is 0.0426. The lowest BCUT2D eigenvalue weighted by Gasteiger charge is -2.19. The van der Waals surface area contributed by atoms with Crippen molar-refractivity contribution in [3.63, 3.8) is 0 Å². The van der Waals surface area contributed by atoms with Gasteiger partial charge in [-0.05, 0) is 36.5 Å². The lowest BCUT2D eigenvalue weighted by Crippen LogP contribution is -2.20. The van der Waals surface area contributed by atoms with Crippen molar-refractivity contribution >= 4 is 16.4 Å². The SMILES string of the molecule is O=S1C2C=C(c3ccc(OCC(F)(F)F)nc3)CC1CC2. The molecular weight excluding hydrogens is 303 g/mol. The molecule has 3 unspecified atom stereocenters. The van der Waals surface area contributed by atoms with Crippen LogP contribution in [0.15, 0.2) is 24.4 Å². The Labute approximate surface area is 122 Å². The number of rotatable bonds is 3. The Morgan fingerprint density at radius 3 is 2.76 bits per heavy atom. The molecule has 1 saturated heterocycles. The number of ether oxygens (including phenoxy) is 1. The summed E-state index contributed by atoms with van der Waals surface area (Å²) in [6, 6.07) is 3.15. The van der Waals surface area contributed by atoms with Crippen molar-refractivity contribution in [2.45, 2.75) is 35.9 Å². The molecule has 1 fully saturated rings. The summed E-state index contributed by atoms with van der Waals surface area (Å²) in [7, 11) is -0.777. The molecule has 3 nitrogen and oxygen atoms in total. The fourth-order valence-electron chi connectivity index (χ4n) is 2.73. The van der Waals surface area contributed by atoms with Gasteiger partial charge in [-0.25, -0.2) is 4.98 Å². The van der Waals surface area contributed by atoms with Crippen molar-refractivity contribution < 1.29 is 22.1 Å². The van der Waals surface area contributed by atoms with Crippen LogP contribution in [0.4, 0.5) is 13.2 Å². The first-order valence-corrected chi connectivity index (χ1v) is 7.96. The molecule has 0 N–H and O–H groups in total. The fraction of sp³-hybridized carbons (Fsp3) is 0.500. The highest BCUT2D eigenvalue weighted by atomic mass is 32.2. The number of hydrogen-bond acceptors (Lipinski definition) is 3. The molecule has 7 heteroatoms. The second-order valence-electron chi connectivity index (χ2n) is 5.25. The summed E-state index contributed by atoms with van der Waals surface area (Å²) in [6.07, 6.45) is 1.83. The maximum atomic E-state index is 12.1. The van der Waals surface area contributed by atoms with E-state index in [1.165, 1.54) is 12.3 Å². The Balaban J connectivity index is 1.70. The highest BCUT2D eigenvalue weighted by Gasteiger charge is 2.36. The third-order valence-corrected chi connectivity index (χ3v) is 5.75. The second kappa shape index (κ2) is 5.44. The van der Waals surface area contributed by atoms with E-state index < -0.39 is 23.6 Å². The first-order valence-electron chi connectivity index (χ1n) is 6.68. The monoisotopic (exact) mass is 317 g/mol. The van der Waals surface area contributed by atoms with Gasteiger partial charge in [0, 0.05) is 28.3 Å². The van der Waals surface area contributed by atoms with Crippen LogP contribution in [-0.4, -0.2) is 32.5 Å². The van der Waals surface area contributed by atoms with Gasteiger partial charge in [0.05, 0.1) is 5.25 Å². The van der Waals surface area contributed by atoms with Crippen molar-refractivity contribution in [3.05, 3.63) is 30.0 Å². The van der Waals surface area contributed by atoms with E-state index in [2.05, 4.69) is 9.72 Å². The molecule has 3 atom stereocenters. The summed E-state index contributed by atoms with van der Waals surface area (Å²) in [5.41, 5.74) is 1.94. The Morgan fingerprint density at radius 1 is 1.33 bits per heavy atom. The first kappa shape index (κ1) is 14.6. The lowest BCUT2D eigenvalue weighted by atomic mass is 10.0. The maximum absolute atomic E-state index is 12.1. The zero-order valence-corrected chi connectivity index (χ0v) is 11.9. The van der Waals surface area contributed by atoms with Crippen LogP contribution < -0.4 is 4.74 Å². The molecular formula is C14H14F3NO2S. The van der Waals surface area contributed by atoms with Crippen LogP contribution in [-0.2, 0) is 10.8 Å². The second-order valence-corrected chi connectivity index (χ2v) is 7.18. The molecule has 2 aliphatic heterocycles. The van der Waals surface area contributed by atoms with Gasteiger partial charge < -0.3 is 4.74 Å². The molecule has 0 radical (unpaired) electrons. The number of allylic oxidation sites excluding steroid dienone is 1. The number of alkyl halides is 3. The largest absolute Gasteiger partial charge is 0.468 e. The molecule has 1 aromatic heterocycles. The van der Waals surface area contributed by atoms with Gasteiger partial charge in [-0.1, -0.05) is 6.08 Å². The van der Waals surface area contributed by atoms with Crippen molar-refractivity contribution in [2.24, 2.45) is 0 Å². The number of halogens is 3. The molecule has 0 aromatic carbocycles. The quantitative estimate of drug-likeness (QED) is 0.860. The van der Waals surface area contributed by atoms with Crippen molar-refractivity contribution in [1.82, 2.24) is 4.98 Å². The zero-order chi connectivity index (χ0) is 15.0. The standard InChI is InChI=1S/C14H14F3NO2S/c15-14(16,17)8-20-13-4-1-9(7-18-13)10-5-11-2-3-12(6-10)21(11)19/h1,4-5,7,11-12H,2-3,6,8H2. The van der Waals surface area contributed by atoms with Crippen LogP contribution in [0.3, 0.4) is 0 Å². The van der Waals surface area contributed by atoms with E-state index in [0.717, 1.165) is 30.4 Å². The molecule has 0 amide bonds. The van der Waals surface area contributed by atoms with E-state index >= 15 is 0 Å². The Morgan fingerprint density at radius 2 is 2.14 bits per heavy atom. The summed E-state index contributed by atoms with van der Waals surface area (Å²) >= 11 is 0. The molecule has 3 rings (SSSR count). The highest BCUT2D eigenvalue weighted by Crippen LogP contribution is 2.38. The predicted molar refractivity (Wildman–Crippen MR) is 73.3 cm³/mol. The number of hydrogen-bond donors (Lipinski definition) is 0. The summed E-state index contributed by atoms with van der Waals surface area (Å²) < 4.78 is 52.7. The molecule has 0 saturated carbocycles. The predicted octanol–water partition coefficient (Wildman–Crippen LogP) is 3.09. The van der Waals surface area contributed by atoms with E-state index in [1.807, 2.05) is 6.08 Å². The zero-order valence-electron chi connectivity index (χ0n) is 11.1. The molecule has 21 heavy (non-hydrogen) atoms. The van der Waals surface area contributed by atoms with E-state index in [-0.39, 0.29) is 16.4 Å². The van der Waals surface area contributed by atoms with Gasteiger partial charge in [0.1, 0.15) is 0 Å². The van der Waals surface area contributed by atoms with Crippen molar-refractivity contribution in [2.75, 3.05) is 6.61 Å². The van der Waals surface area contributed by atoms with Gasteiger partial charge in [0.15, 0.2) is 6.61 Å². The summed E-state index contributed by atoms with van der Waals surface area (Å²) in [4.78, 5) is 3.91. The van der Waals surface area contributed by atoms with Crippen LogP contribution >= 0.6 is 0 Å². The lowest BCUT2D eigenvalue weighted by molar-refractivity contribution is -0.154. The number of aromatic nitrogens is 1. The Bertz CT molecular complexity index is 583. The van der Waals surface area contributed by atoms with Crippen LogP contribution in [0.25, 0.3) is 5.57 Å². The number of nitrogens with zero attached hydrogens (tertiary/aromatic N) is 1. The van der Waals surface area contributed by atoms with Crippen LogP contribution in [0, 0.1) is 0 Å². The van der Waals surface area contributed by atoms with E-state index in [0.29, 0.717) is 0 Å².